The molecule has 1 unspecified atom stereocenters. The van der Waals surface area contributed by atoms with Gasteiger partial charge in [0.15, 0.2) is 11.5 Å². The van der Waals surface area contributed by atoms with Gasteiger partial charge >= 0.3 is 0 Å². The van der Waals surface area contributed by atoms with E-state index in [1.807, 2.05) is 11.0 Å². The highest BCUT2D eigenvalue weighted by atomic mass is 16.6. The number of carbonyl (C=O) groups excluding carboxylic acids is 2. The van der Waals surface area contributed by atoms with Crippen molar-refractivity contribution in [3.63, 3.8) is 0 Å². The highest BCUT2D eigenvalue weighted by Gasteiger charge is 2.40. The second-order valence-corrected chi connectivity index (χ2v) is 10.1. The summed E-state index contributed by atoms with van der Waals surface area (Å²) in [6, 6.07) is 5.95. The Morgan fingerprint density at radius 1 is 0.938 bits per heavy atom. The van der Waals surface area contributed by atoms with Crippen molar-refractivity contribution >= 4 is 11.8 Å². The summed E-state index contributed by atoms with van der Waals surface area (Å²) in [6.07, 6.45) is 11.6. The maximum atomic E-state index is 13.3. The van der Waals surface area contributed by atoms with E-state index in [1.54, 1.807) is 0 Å². The molecular formula is C26H36N2O4. The fourth-order valence-corrected chi connectivity index (χ4v) is 6.25. The average Bonchev–Trinajstić information content (AvgIpc) is 3.53. The maximum Gasteiger partial charge on any atom is 0.242 e. The van der Waals surface area contributed by atoms with Crippen LogP contribution in [0.1, 0.15) is 76.2 Å². The Bertz CT molecular complexity index is 842. The van der Waals surface area contributed by atoms with Crippen LogP contribution < -0.4 is 14.8 Å². The fraction of sp³-hybridized carbons (Fsp3) is 0.692. The number of hydrogen-bond acceptors (Lipinski definition) is 4. The predicted octanol–water partition coefficient (Wildman–Crippen LogP) is 3.96. The standard InChI is InChI=1S/C26H36N2O4/c29-24(21-9-6-14-28(21)25(30)19-7-2-1-3-8-19)27-18-26(12-4-5-13-26)20-10-11-22-23(17-20)32-16-15-31-22/h10-11,17,19,21H,1-9,12-16,18H2,(H,27,29). The maximum absolute atomic E-state index is 13.3. The molecule has 1 aromatic rings. The summed E-state index contributed by atoms with van der Waals surface area (Å²) in [5.74, 6) is 1.97. The van der Waals surface area contributed by atoms with E-state index in [1.165, 1.54) is 24.8 Å². The number of amides is 2. The molecule has 2 heterocycles. The lowest BCUT2D eigenvalue weighted by atomic mass is 9.78. The minimum Gasteiger partial charge on any atom is -0.486 e. The number of carbonyl (C=O) groups is 2. The van der Waals surface area contributed by atoms with E-state index in [4.69, 9.17) is 9.47 Å². The van der Waals surface area contributed by atoms with Crippen LogP contribution in [-0.2, 0) is 15.0 Å². The number of nitrogens with zero attached hydrogens (tertiary/aromatic N) is 1. The summed E-state index contributed by atoms with van der Waals surface area (Å²) in [7, 11) is 0. The van der Waals surface area contributed by atoms with Gasteiger partial charge in [-0.3, -0.25) is 9.59 Å². The number of likely N-dealkylation sites (tertiary alicyclic amines) is 1. The topological polar surface area (TPSA) is 67.9 Å². The molecule has 1 aromatic carbocycles. The van der Waals surface area contributed by atoms with E-state index in [-0.39, 0.29) is 29.2 Å². The highest BCUT2D eigenvalue weighted by Crippen LogP contribution is 2.44. The van der Waals surface area contributed by atoms with Gasteiger partial charge in [0.05, 0.1) is 0 Å². The van der Waals surface area contributed by atoms with Gasteiger partial charge in [0.1, 0.15) is 19.3 Å². The monoisotopic (exact) mass is 440 g/mol. The summed E-state index contributed by atoms with van der Waals surface area (Å²) in [4.78, 5) is 28.3. The Morgan fingerprint density at radius 3 is 2.47 bits per heavy atom. The van der Waals surface area contributed by atoms with Crippen LogP contribution >= 0.6 is 0 Å². The summed E-state index contributed by atoms with van der Waals surface area (Å²) in [5.41, 5.74) is 1.16. The Labute approximate surface area is 191 Å². The summed E-state index contributed by atoms with van der Waals surface area (Å²) < 4.78 is 11.5. The third-order valence-corrected chi connectivity index (χ3v) is 8.11. The fourth-order valence-electron chi connectivity index (χ4n) is 6.25. The zero-order chi connectivity index (χ0) is 22.0. The molecule has 3 fully saturated rings. The van der Waals surface area contributed by atoms with Gasteiger partial charge in [0, 0.05) is 24.4 Å². The molecule has 174 valence electrons. The molecule has 2 saturated carbocycles. The molecule has 5 rings (SSSR count). The second-order valence-electron chi connectivity index (χ2n) is 10.1. The van der Waals surface area contributed by atoms with Crippen LogP contribution in [0.3, 0.4) is 0 Å². The van der Waals surface area contributed by atoms with Crippen molar-refractivity contribution in [1.82, 2.24) is 10.2 Å². The lowest BCUT2D eigenvalue weighted by molar-refractivity contribution is -0.142. The molecule has 0 spiro atoms. The highest BCUT2D eigenvalue weighted by molar-refractivity contribution is 5.89. The summed E-state index contributed by atoms with van der Waals surface area (Å²) >= 11 is 0. The van der Waals surface area contributed by atoms with Gasteiger partial charge in [-0.05, 0) is 56.2 Å². The second kappa shape index (κ2) is 9.32. The molecular weight excluding hydrogens is 404 g/mol. The Morgan fingerprint density at radius 2 is 1.69 bits per heavy atom. The first kappa shape index (κ1) is 21.6. The van der Waals surface area contributed by atoms with Gasteiger partial charge in [-0.25, -0.2) is 0 Å². The summed E-state index contributed by atoms with van der Waals surface area (Å²) in [5, 5.41) is 3.27. The van der Waals surface area contributed by atoms with Crippen LogP contribution in [0.4, 0.5) is 0 Å². The molecule has 6 nitrogen and oxygen atoms in total. The normalized spacial score (nSPS) is 25.0. The van der Waals surface area contributed by atoms with Gasteiger partial charge < -0.3 is 19.7 Å². The van der Waals surface area contributed by atoms with Crippen molar-refractivity contribution in [1.29, 1.82) is 0 Å². The van der Waals surface area contributed by atoms with Crippen LogP contribution in [0.25, 0.3) is 0 Å². The van der Waals surface area contributed by atoms with E-state index in [0.717, 1.165) is 69.4 Å². The molecule has 2 aliphatic heterocycles. The summed E-state index contributed by atoms with van der Waals surface area (Å²) in [6.45, 7) is 2.51. The van der Waals surface area contributed by atoms with E-state index in [9.17, 15) is 9.59 Å². The van der Waals surface area contributed by atoms with Gasteiger partial charge in [-0.1, -0.05) is 38.2 Å². The molecule has 6 heteroatoms. The number of ether oxygens (including phenoxy) is 2. The van der Waals surface area contributed by atoms with E-state index < -0.39 is 0 Å². The van der Waals surface area contributed by atoms with Crippen molar-refractivity contribution in [2.45, 2.75) is 82.1 Å². The van der Waals surface area contributed by atoms with Crippen LogP contribution in [-0.4, -0.2) is 49.1 Å². The molecule has 1 N–H and O–H groups in total. The first-order valence-corrected chi connectivity index (χ1v) is 12.6. The van der Waals surface area contributed by atoms with Crippen molar-refractivity contribution in [2.24, 2.45) is 5.92 Å². The molecule has 2 aliphatic carbocycles. The van der Waals surface area contributed by atoms with Gasteiger partial charge in [0.2, 0.25) is 11.8 Å². The first-order chi connectivity index (χ1) is 15.7. The van der Waals surface area contributed by atoms with Crippen LogP contribution in [0.2, 0.25) is 0 Å². The zero-order valence-corrected chi connectivity index (χ0v) is 19.1. The molecule has 0 aromatic heterocycles. The third-order valence-electron chi connectivity index (χ3n) is 8.11. The number of nitrogens with one attached hydrogen (secondary N) is 1. The minimum absolute atomic E-state index is 0.0236. The Hall–Kier alpha value is -2.24. The lowest BCUT2D eigenvalue weighted by Crippen LogP contribution is -2.50. The number of rotatable bonds is 5. The molecule has 0 radical (unpaired) electrons. The van der Waals surface area contributed by atoms with Crippen molar-refractivity contribution in [3.05, 3.63) is 23.8 Å². The minimum atomic E-state index is -0.303. The largest absolute Gasteiger partial charge is 0.486 e. The van der Waals surface area contributed by atoms with E-state index in [2.05, 4.69) is 17.4 Å². The predicted molar refractivity (Wildman–Crippen MR) is 122 cm³/mol. The molecule has 1 saturated heterocycles. The van der Waals surface area contributed by atoms with E-state index in [0.29, 0.717) is 19.8 Å². The molecule has 4 aliphatic rings. The smallest absolute Gasteiger partial charge is 0.242 e. The number of fused-ring (bicyclic) bond motifs is 1. The molecule has 0 bridgehead atoms. The first-order valence-electron chi connectivity index (χ1n) is 12.6. The zero-order valence-electron chi connectivity index (χ0n) is 19.1. The lowest BCUT2D eigenvalue weighted by Gasteiger charge is -2.33. The van der Waals surface area contributed by atoms with Crippen molar-refractivity contribution < 1.29 is 19.1 Å². The Balaban J connectivity index is 1.26. The average molecular weight is 441 g/mol. The Kier molecular flexibility index (Phi) is 6.29. The van der Waals surface area contributed by atoms with Gasteiger partial charge in [-0.2, -0.15) is 0 Å². The molecule has 2 amide bonds. The number of benzene rings is 1. The molecule has 32 heavy (non-hydrogen) atoms. The quantitative estimate of drug-likeness (QED) is 0.753. The van der Waals surface area contributed by atoms with Crippen molar-refractivity contribution in [3.8, 4) is 11.5 Å². The van der Waals surface area contributed by atoms with Gasteiger partial charge in [0.25, 0.3) is 0 Å². The molecule has 1 atom stereocenters. The van der Waals surface area contributed by atoms with Crippen LogP contribution in [0.15, 0.2) is 18.2 Å². The SMILES string of the molecule is O=C(NCC1(c2ccc3c(c2)OCCO3)CCCC1)C1CCCN1C(=O)C1CCCCC1. The van der Waals surface area contributed by atoms with E-state index >= 15 is 0 Å². The van der Waals surface area contributed by atoms with Gasteiger partial charge in [-0.15, -0.1) is 0 Å². The van der Waals surface area contributed by atoms with Crippen LogP contribution in [0, 0.1) is 5.92 Å². The van der Waals surface area contributed by atoms with Crippen LogP contribution in [0.5, 0.6) is 11.5 Å². The third kappa shape index (κ3) is 4.20. The number of hydrogen-bond donors (Lipinski definition) is 1. The van der Waals surface area contributed by atoms with Crippen molar-refractivity contribution in [2.75, 3.05) is 26.3 Å².